The molecular weight excluding hydrogens is 385 g/mol. The topological polar surface area (TPSA) is 67.6 Å². The fraction of sp³-hybridized carbons (Fsp3) is 0.650. The largest absolute Gasteiger partial charge is 0.497 e. The van der Waals surface area contributed by atoms with E-state index in [0.29, 0.717) is 19.0 Å². The van der Waals surface area contributed by atoms with Crippen LogP contribution in [0.15, 0.2) is 24.3 Å². The summed E-state index contributed by atoms with van der Waals surface area (Å²) in [6.07, 6.45) is 3.14. The van der Waals surface area contributed by atoms with Crippen LogP contribution in [0.4, 0.5) is 0 Å². The molecule has 5 nitrogen and oxygen atoms in total. The molecule has 0 aliphatic heterocycles. The summed E-state index contributed by atoms with van der Waals surface area (Å²) in [6, 6.07) is 8.27. The van der Waals surface area contributed by atoms with Gasteiger partial charge >= 0.3 is 0 Å². The molecule has 2 rings (SSSR count). The first-order valence-corrected chi connectivity index (χ1v) is 9.50. The lowest BCUT2D eigenvalue weighted by Gasteiger charge is -2.31. The number of likely N-dealkylation sites (N-methyl/N-ethyl adjacent to an activating group) is 1. The Balaban J connectivity index is 0.00000338. The Labute approximate surface area is 176 Å². The molecule has 1 amide bonds. The molecule has 1 saturated carbocycles. The third-order valence-electron chi connectivity index (χ3n) is 5.50. The van der Waals surface area contributed by atoms with E-state index in [-0.39, 0.29) is 42.7 Å². The van der Waals surface area contributed by atoms with Crippen LogP contribution >= 0.6 is 24.8 Å². The Kier molecular flexibility index (Phi) is 12.7. The van der Waals surface area contributed by atoms with Crippen LogP contribution < -0.4 is 15.8 Å². The van der Waals surface area contributed by atoms with E-state index in [1.807, 2.05) is 12.1 Å². The molecule has 1 unspecified atom stereocenters. The van der Waals surface area contributed by atoms with Gasteiger partial charge in [-0.1, -0.05) is 32.4 Å². The van der Waals surface area contributed by atoms with Gasteiger partial charge in [-0.25, -0.2) is 0 Å². The lowest BCUT2D eigenvalue weighted by Crippen LogP contribution is -2.41. The van der Waals surface area contributed by atoms with E-state index in [0.717, 1.165) is 38.1 Å². The van der Waals surface area contributed by atoms with E-state index in [2.05, 4.69) is 36.2 Å². The highest BCUT2D eigenvalue weighted by Gasteiger charge is 2.32. The highest BCUT2D eigenvalue weighted by molar-refractivity contribution is 5.85. The van der Waals surface area contributed by atoms with Crippen molar-refractivity contribution in [3.05, 3.63) is 29.8 Å². The van der Waals surface area contributed by atoms with E-state index in [4.69, 9.17) is 10.5 Å². The maximum atomic E-state index is 12.7. The SMILES string of the molecule is CCN(CC)C(CNC(=O)[C@@H]1CCC[C@@H]1CN)c1cccc(OC)c1.Cl.Cl. The second-order valence-corrected chi connectivity index (χ2v) is 6.79. The lowest BCUT2D eigenvalue weighted by molar-refractivity contribution is -0.126. The van der Waals surface area contributed by atoms with Crippen molar-refractivity contribution in [3.63, 3.8) is 0 Å². The molecule has 3 atom stereocenters. The smallest absolute Gasteiger partial charge is 0.223 e. The first kappa shape index (κ1) is 26.0. The summed E-state index contributed by atoms with van der Waals surface area (Å²) in [4.78, 5) is 15.0. The summed E-state index contributed by atoms with van der Waals surface area (Å²) in [7, 11) is 1.68. The van der Waals surface area contributed by atoms with Crippen LogP contribution in [0.2, 0.25) is 0 Å². The molecule has 1 aromatic rings. The zero-order chi connectivity index (χ0) is 18.2. The molecule has 7 heteroatoms. The van der Waals surface area contributed by atoms with Crippen LogP contribution in [0.1, 0.15) is 44.7 Å². The zero-order valence-corrected chi connectivity index (χ0v) is 18.3. The summed E-state index contributed by atoms with van der Waals surface area (Å²) in [5, 5.41) is 3.20. The molecule has 3 N–H and O–H groups in total. The van der Waals surface area contributed by atoms with Crippen molar-refractivity contribution in [1.29, 1.82) is 0 Å². The van der Waals surface area contributed by atoms with Crippen LogP contribution in [0.25, 0.3) is 0 Å². The number of benzene rings is 1. The molecule has 1 aromatic carbocycles. The molecule has 1 aliphatic carbocycles. The van der Waals surface area contributed by atoms with Gasteiger partial charge < -0.3 is 15.8 Å². The molecule has 27 heavy (non-hydrogen) atoms. The molecule has 156 valence electrons. The van der Waals surface area contributed by atoms with Crippen LogP contribution in [0.5, 0.6) is 5.75 Å². The predicted octanol–water partition coefficient (Wildman–Crippen LogP) is 3.41. The number of ether oxygens (including phenoxy) is 1. The average molecular weight is 420 g/mol. The number of rotatable bonds is 9. The van der Waals surface area contributed by atoms with Crippen molar-refractivity contribution >= 4 is 30.7 Å². The standard InChI is InChI=1S/C20H33N3O2.2ClH/c1-4-23(5-2)19(15-8-6-10-17(12-15)25-3)14-22-20(24)18-11-7-9-16(18)13-21;;/h6,8,10,12,16,18-19H,4-5,7,9,11,13-14,21H2,1-3H3,(H,22,24);2*1H/t16-,18-,19?;;/m1../s1. The minimum absolute atomic E-state index is 0. The fourth-order valence-electron chi connectivity index (χ4n) is 3.96. The van der Waals surface area contributed by atoms with E-state index in [1.165, 1.54) is 5.56 Å². The molecule has 0 heterocycles. The summed E-state index contributed by atoms with van der Waals surface area (Å²) >= 11 is 0. The van der Waals surface area contributed by atoms with Gasteiger partial charge in [-0.15, -0.1) is 24.8 Å². The molecule has 0 saturated heterocycles. The molecule has 0 bridgehead atoms. The van der Waals surface area contributed by atoms with E-state index < -0.39 is 0 Å². The quantitative estimate of drug-likeness (QED) is 0.643. The predicted molar refractivity (Wildman–Crippen MR) is 116 cm³/mol. The van der Waals surface area contributed by atoms with Crippen molar-refractivity contribution in [2.24, 2.45) is 17.6 Å². The van der Waals surface area contributed by atoms with Crippen LogP contribution in [-0.2, 0) is 4.79 Å². The zero-order valence-electron chi connectivity index (χ0n) is 16.6. The number of methoxy groups -OCH3 is 1. The number of amides is 1. The minimum atomic E-state index is 0. The van der Waals surface area contributed by atoms with Gasteiger partial charge in [-0.2, -0.15) is 0 Å². The third-order valence-corrected chi connectivity index (χ3v) is 5.50. The number of hydrogen-bond donors (Lipinski definition) is 2. The highest BCUT2D eigenvalue weighted by Crippen LogP contribution is 2.31. The number of carbonyl (C=O) groups excluding carboxylic acids is 1. The Morgan fingerprint density at radius 2 is 2.00 bits per heavy atom. The van der Waals surface area contributed by atoms with Gasteiger partial charge in [0.05, 0.1) is 13.2 Å². The van der Waals surface area contributed by atoms with Crippen LogP contribution in [0.3, 0.4) is 0 Å². The average Bonchev–Trinajstić information content (AvgIpc) is 3.13. The van der Waals surface area contributed by atoms with Crippen LogP contribution in [0, 0.1) is 11.8 Å². The Hall–Kier alpha value is -1.01. The molecule has 1 fully saturated rings. The van der Waals surface area contributed by atoms with Crippen LogP contribution in [-0.4, -0.2) is 44.1 Å². The van der Waals surface area contributed by atoms with E-state index in [1.54, 1.807) is 7.11 Å². The summed E-state index contributed by atoms with van der Waals surface area (Å²) in [6.45, 7) is 7.39. The number of carbonyl (C=O) groups is 1. The van der Waals surface area contributed by atoms with Gasteiger partial charge in [-0.3, -0.25) is 9.69 Å². The molecule has 1 aliphatic rings. The summed E-state index contributed by atoms with van der Waals surface area (Å²) in [5.41, 5.74) is 7.00. The Bertz CT molecular complexity index is 556. The number of hydrogen-bond acceptors (Lipinski definition) is 4. The molecule has 0 radical (unpaired) electrons. The number of halogens is 2. The van der Waals surface area contributed by atoms with Gasteiger partial charge in [0.2, 0.25) is 5.91 Å². The Morgan fingerprint density at radius 3 is 2.59 bits per heavy atom. The summed E-state index contributed by atoms with van der Waals surface area (Å²) < 4.78 is 5.37. The second-order valence-electron chi connectivity index (χ2n) is 6.79. The van der Waals surface area contributed by atoms with Gasteiger partial charge in [0.15, 0.2) is 0 Å². The Morgan fingerprint density at radius 1 is 1.30 bits per heavy atom. The van der Waals surface area contributed by atoms with Crippen molar-refractivity contribution in [1.82, 2.24) is 10.2 Å². The lowest BCUT2D eigenvalue weighted by atomic mass is 9.95. The van der Waals surface area contributed by atoms with Crippen molar-refractivity contribution < 1.29 is 9.53 Å². The summed E-state index contributed by atoms with van der Waals surface area (Å²) in [5.74, 6) is 1.42. The van der Waals surface area contributed by atoms with E-state index in [9.17, 15) is 4.79 Å². The first-order valence-electron chi connectivity index (χ1n) is 9.50. The minimum Gasteiger partial charge on any atom is -0.497 e. The van der Waals surface area contributed by atoms with E-state index >= 15 is 0 Å². The highest BCUT2D eigenvalue weighted by atomic mass is 35.5. The molecule has 0 aromatic heterocycles. The van der Waals surface area contributed by atoms with Crippen molar-refractivity contribution in [2.75, 3.05) is 33.3 Å². The van der Waals surface area contributed by atoms with Gasteiger partial charge in [-0.05, 0) is 56.1 Å². The van der Waals surface area contributed by atoms with Crippen molar-refractivity contribution in [3.8, 4) is 5.75 Å². The third kappa shape index (κ3) is 6.83. The second kappa shape index (κ2) is 13.2. The van der Waals surface area contributed by atoms with Gasteiger partial charge in [0.25, 0.3) is 0 Å². The maximum Gasteiger partial charge on any atom is 0.223 e. The number of nitrogens with one attached hydrogen (secondary N) is 1. The molecular formula is C20H35Cl2N3O2. The fourth-order valence-corrected chi connectivity index (χ4v) is 3.96. The monoisotopic (exact) mass is 419 g/mol. The number of nitrogens with two attached hydrogens (primary N) is 1. The first-order chi connectivity index (χ1) is 12.1. The maximum absolute atomic E-state index is 12.7. The van der Waals surface area contributed by atoms with Gasteiger partial charge in [0.1, 0.15) is 5.75 Å². The number of nitrogens with zero attached hydrogens (tertiary/aromatic N) is 1. The molecule has 0 spiro atoms. The normalized spacial score (nSPS) is 19.7. The van der Waals surface area contributed by atoms with Gasteiger partial charge in [0, 0.05) is 12.5 Å². The van der Waals surface area contributed by atoms with Crippen molar-refractivity contribution in [2.45, 2.75) is 39.2 Å².